The van der Waals surface area contributed by atoms with Crippen LogP contribution in [-0.2, 0) is 4.79 Å². The highest BCUT2D eigenvalue weighted by Gasteiger charge is 2.45. The van der Waals surface area contributed by atoms with Gasteiger partial charge in [0.25, 0.3) is 0 Å². The summed E-state index contributed by atoms with van der Waals surface area (Å²) in [5.41, 5.74) is 5.45. The first-order valence-corrected chi connectivity index (χ1v) is 4.93. The highest BCUT2D eigenvalue weighted by Crippen LogP contribution is 2.30. The third-order valence-electron chi connectivity index (χ3n) is 3.26. The van der Waals surface area contributed by atoms with Crippen molar-refractivity contribution in [1.29, 1.82) is 0 Å². The number of amides is 1. The van der Waals surface area contributed by atoms with Crippen LogP contribution in [0.3, 0.4) is 0 Å². The number of carbonyl (C=O) groups is 1. The van der Waals surface area contributed by atoms with Crippen LogP contribution in [-0.4, -0.2) is 55.0 Å². The molecule has 2 aliphatic rings. The van der Waals surface area contributed by atoms with Crippen molar-refractivity contribution < 1.29 is 4.79 Å². The molecule has 4 heteroatoms. The van der Waals surface area contributed by atoms with Crippen LogP contribution in [0, 0.1) is 5.92 Å². The number of likely N-dealkylation sites (N-methyl/N-ethyl adjacent to an activating group) is 1. The summed E-state index contributed by atoms with van der Waals surface area (Å²) in [6.45, 7) is 3.25. The molecule has 0 saturated carbocycles. The maximum Gasteiger partial charge on any atom is 0.227 e. The third-order valence-corrected chi connectivity index (χ3v) is 3.26. The molecule has 0 aromatic heterocycles. The van der Waals surface area contributed by atoms with Crippen molar-refractivity contribution in [3.63, 3.8) is 0 Å². The lowest BCUT2D eigenvalue weighted by Crippen LogP contribution is -2.35. The molecule has 0 aromatic rings. The van der Waals surface area contributed by atoms with Crippen molar-refractivity contribution in [1.82, 2.24) is 9.80 Å². The van der Waals surface area contributed by atoms with Crippen molar-refractivity contribution in [2.24, 2.45) is 11.7 Å². The van der Waals surface area contributed by atoms with E-state index in [4.69, 9.17) is 5.73 Å². The lowest BCUT2D eigenvalue weighted by atomic mass is 10.0. The molecular weight excluding hydrogens is 166 g/mol. The fraction of sp³-hybridized carbons (Fsp3) is 0.889. The summed E-state index contributed by atoms with van der Waals surface area (Å²) in [5.74, 6) is 0.580. The van der Waals surface area contributed by atoms with Gasteiger partial charge in [-0.1, -0.05) is 0 Å². The van der Waals surface area contributed by atoms with Gasteiger partial charge in [-0.3, -0.25) is 4.79 Å². The van der Waals surface area contributed by atoms with Gasteiger partial charge in [-0.25, -0.2) is 0 Å². The molecule has 0 spiro atoms. The van der Waals surface area contributed by atoms with Gasteiger partial charge in [0.05, 0.1) is 5.92 Å². The van der Waals surface area contributed by atoms with E-state index in [1.54, 1.807) is 0 Å². The van der Waals surface area contributed by atoms with E-state index >= 15 is 0 Å². The van der Waals surface area contributed by atoms with Crippen LogP contribution < -0.4 is 5.73 Å². The predicted molar refractivity (Wildman–Crippen MR) is 50.2 cm³/mol. The first-order valence-electron chi connectivity index (χ1n) is 4.93. The average molecular weight is 183 g/mol. The van der Waals surface area contributed by atoms with E-state index in [1.165, 1.54) is 0 Å². The van der Waals surface area contributed by atoms with Gasteiger partial charge in [-0.15, -0.1) is 0 Å². The highest BCUT2D eigenvalue weighted by atomic mass is 16.2. The van der Waals surface area contributed by atoms with Crippen LogP contribution in [0.1, 0.15) is 6.42 Å². The lowest BCUT2D eigenvalue weighted by molar-refractivity contribution is -0.130. The van der Waals surface area contributed by atoms with Gasteiger partial charge in [0.1, 0.15) is 0 Å². The second-order valence-corrected chi connectivity index (χ2v) is 4.02. The highest BCUT2D eigenvalue weighted by molar-refractivity contribution is 5.82. The molecule has 2 aliphatic heterocycles. The Morgan fingerprint density at radius 1 is 1.62 bits per heavy atom. The standard InChI is InChI=1S/C9H17N3O/c1-11-4-2-7-8(11)6-12(5-3-10)9(7)13/h7-8H,2-6,10H2,1H3/t7-,8+/m0/s1. The van der Waals surface area contributed by atoms with E-state index in [1.807, 2.05) is 4.90 Å². The van der Waals surface area contributed by atoms with E-state index in [9.17, 15) is 4.79 Å². The Bertz CT molecular complexity index is 219. The first kappa shape index (κ1) is 8.97. The van der Waals surface area contributed by atoms with Crippen LogP contribution >= 0.6 is 0 Å². The normalized spacial score (nSPS) is 34.3. The minimum Gasteiger partial charge on any atom is -0.340 e. The smallest absolute Gasteiger partial charge is 0.227 e. The van der Waals surface area contributed by atoms with Gasteiger partial charge in [-0.05, 0) is 20.0 Å². The van der Waals surface area contributed by atoms with Crippen molar-refractivity contribution >= 4 is 5.91 Å². The number of likely N-dealkylation sites (tertiary alicyclic amines) is 2. The number of fused-ring (bicyclic) bond motifs is 1. The number of carbonyl (C=O) groups excluding carboxylic acids is 1. The minimum absolute atomic E-state index is 0.261. The van der Waals surface area contributed by atoms with Crippen LogP contribution in [0.25, 0.3) is 0 Å². The Morgan fingerprint density at radius 2 is 2.38 bits per heavy atom. The second-order valence-electron chi connectivity index (χ2n) is 4.02. The Balaban J connectivity index is 2.05. The molecule has 13 heavy (non-hydrogen) atoms. The van der Waals surface area contributed by atoms with Gasteiger partial charge in [0, 0.05) is 25.7 Å². The molecule has 2 N–H and O–H groups in total. The summed E-state index contributed by atoms with van der Waals surface area (Å²) in [6.07, 6.45) is 1.03. The average Bonchev–Trinajstić information content (AvgIpc) is 2.59. The molecule has 0 aromatic carbocycles. The van der Waals surface area contributed by atoms with Crippen molar-refractivity contribution in [2.45, 2.75) is 12.5 Å². The molecule has 74 valence electrons. The molecule has 2 atom stereocenters. The zero-order valence-corrected chi connectivity index (χ0v) is 8.07. The van der Waals surface area contributed by atoms with Gasteiger partial charge in [0.2, 0.25) is 5.91 Å². The number of rotatable bonds is 2. The van der Waals surface area contributed by atoms with Crippen LogP contribution in [0.4, 0.5) is 0 Å². The van der Waals surface area contributed by atoms with Crippen molar-refractivity contribution in [2.75, 3.05) is 33.2 Å². The quantitative estimate of drug-likeness (QED) is 0.604. The van der Waals surface area contributed by atoms with Gasteiger partial charge < -0.3 is 15.5 Å². The summed E-state index contributed by atoms with van der Waals surface area (Å²) >= 11 is 0. The summed E-state index contributed by atoms with van der Waals surface area (Å²) in [4.78, 5) is 16.0. The Kier molecular flexibility index (Phi) is 2.26. The van der Waals surface area contributed by atoms with E-state index in [0.717, 1.165) is 26.1 Å². The third kappa shape index (κ3) is 1.34. The monoisotopic (exact) mass is 183 g/mol. The molecular formula is C9H17N3O. The van der Waals surface area contributed by atoms with E-state index in [0.29, 0.717) is 18.5 Å². The van der Waals surface area contributed by atoms with Crippen LogP contribution in [0.2, 0.25) is 0 Å². The molecule has 0 unspecified atom stereocenters. The molecule has 2 fully saturated rings. The molecule has 2 heterocycles. The van der Waals surface area contributed by atoms with Gasteiger partial charge in [-0.2, -0.15) is 0 Å². The van der Waals surface area contributed by atoms with Crippen LogP contribution in [0.5, 0.6) is 0 Å². The largest absolute Gasteiger partial charge is 0.340 e. The molecule has 4 nitrogen and oxygen atoms in total. The fourth-order valence-corrected chi connectivity index (χ4v) is 2.47. The minimum atomic E-state index is 0.261. The second kappa shape index (κ2) is 3.27. The maximum atomic E-state index is 11.8. The SMILES string of the molecule is CN1CC[C@@H]2C(=O)N(CCN)C[C@H]21. The number of hydrogen-bond donors (Lipinski definition) is 1. The number of nitrogens with zero attached hydrogens (tertiary/aromatic N) is 2. The Labute approximate surface area is 78.7 Å². The lowest BCUT2D eigenvalue weighted by Gasteiger charge is -2.19. The topological polar surface area (TPSA) is 49.6 Å². The summed E-state index contributed by atoms with van der Waals surface area (Å²) in [5, 5.41) is 0. The van der Waals surface area contributed by atoms with Crippen molar-refractivity contribution in [3.8, 4) is 0 Å². The van der Waals surface area contributed by atoms with Crippen molar-refractivity contribution in [3.05, 3.63) is 0 Å². The Morgan fingerprint density at radius 3 is 3.00 bits per heavy atom. The Hall–Kier alpha value is -0.610. The van der Waals surface area contributed by atoms with Gasteiger partial charge in [0.15, 0.2) is 0 Å². The van der Waals surface area contributed by atoms with E-state index < -0.39 is 0 Å². The van der Waals surface area contributed by atoms with E-state index in [-0.39, 0.29) is 5.92 Å². The summed E-state index contributed by atoms with van der Waals surface area (Å²) in [6, 6.07) is 0.457. The van der Waals surface area contributed by atoms with E-state index in [2.05, 4.69) is 11.9 Å². The molecule has 0 bridgehead atoms. The number of hydrogen-bond acceptors (Lipinski definition) is 3. The fourth-order valence-electron chi connectivity index (χ4n) is 2.47. The predicted octanol–water partition coefficient (Wildman–Crippen LogP) is -0.892. The van der Waals surface area contributed by atoms with Crippen LogP contribution in [0.15, 0.2) is 0 Å². The summed E-state index contributed by atoms with van der Waals surface area (Å²) < 4.78 is 0. The molecule has 1 amide bonds. The summed E-state index contributed by atoms with van der Waals surface area (Å²) in [7, 11) is 2.10. The molecule has 2 saturated heterocycles. The maximum absolute atomic E-state index is 11.8. The first-order chi connectivity index (χ1) is 6.24. The molecule has 0 aliphatic carbocycles. The molecule has 0 radical (unpaired) electrons. The zero-order valence-electron chi connectivity index (χ0n) is 8.07. The zero-order chi connectivity index (χ0) is 9.42. The molecule has 2 rings (SSSR count). The van der Waals surface area contributed by atoms with Gasteiger partial charge >= 0.3 is 0 Å². The number of nitrogens with two attached hydrogens (primary N) is 1.